The molecule has 2 aliphatic heterocycles. The molecule has 10 heteroatoms. The average Bonchev–Trinajstić information content (AvgIpc) is 2.87. The summed E-state index contributed by atoms with van der Waals surface area (Å²) in [4.78, 5) is 23.3. The molecule has 0 spiro atoms. The molecule has 1 N–H and O–H groups in total. The SMILES string of the molecule is COc1c(NC[C@H]2CCC[C@@H](c3ccc(C(F)(F)F)cc3)O2)ncnc1C(=O)N1CCC(C)CC1. The zero-order valence-electron chi connectivity index (χ0n) is 20.0. The van der Waals surface area contributed by atoms with Crippen molar-refractivity contribution in [1.29, 1.82) is 0 Å². The number of amides is 1. The molecule has 4 rings (SSSR count). The highest BCUT2D eigenvalue weighted by Gasteiger charge is 2.31. The molecule has 1 aromatic heterocycles. The standard InChI is InChI=1S/C25H31F3N4O3/c1-16-10-12-32(13-11-16)24(33)21-22(34-2)23(31-15-30-21)29-14-19-4-3-5-20(35-19)17-6-8-18(9-7-17)25(26,27)28/h6-9,15-16,19-20H,3-5,10-14H2,1-2H3,(H,29,30,31)/t19-,20+/m1/s1. The number of rotatable bonds is 6. The number of benzene rings is 1. The van der Waals surface area contributed by atoms with E-state index in [0.717, 1.165) is 49.8 Å². The third-order valence-electron chi connectivity index (χ3n) is 6.74. The molecule has 1 amide bonds. The Morgan fingerprint density at radius 1 is 1.14 bits per heavy atom. The van der Waals surface area contributed by atoms with Gasteiger partial charge < -0.3 is 19.7 Å². The number of hydrogen-bond donors (Lipinski definition) is 1. The van der Waals surface area contributed by atoms with Crippen LogP contribution >= 0.6 is 0 Å². The summed E-state index contributed by atoms with van der Waals surface area (Å²) in [6.07, 6.45) is 0.894. The van der Waals surface area contributed by atoms with Crippen molar-refractivity contribution in [3.8, 4) is 5.75 Å². The largest absolute Gasteiger partial charge is 0.491 e. The van der Waals surface area contributed by atoms with E-state index in [1.807, 2.05) is 0 Å². The molecule has 1 aromatic carbocycles. The van der Waals surface area contributed by atoms with Crippen LogP contribution in [0.25, 0.3) is 0 Å². The van der Waals surface area contributed by atoms with Crippen molar-refractivity contribution >= 4 is 11.7 Å². The Balaban J connectivity index is 1.40. The lowest BCUT2D eigenvalue weighted by molar-refractivity contribution is -0.137. The normalized spacial score (nSPS) is 21.6. The van der Waals surface area contributed by atoms with Gasteiger partial charge in [-0.15, -0.1) is 0 Å². The molecule has 0 saturated carbocycles. The smallest absolute Gasteiger partial charge is 0.416 e. The van der Waals surface area contributed by atoms with Crippen molar-refractivity contribution in [2.24, 2.45) is 5.92 Å². The van der Waals surface area contributed by atoms with Gasteiger partial charge in [0.2, 0.25) is 0 Å². The van der Waals surface area contributed by atoms with Crippen molar-refractivity contribution in [2.45, 2.75) is 57.4 Å². The Morgan fingerprint density at radius 3 is 2.51 bits per heavy atom. The number of likely N-dealkylation sites (tertiary alicyclic amines) is 1. The lowest BCUT2D eigenvalue weighted by Crippen LogP contribution is -2.38. The van der Waals surface area contributed by atoms with E-state index in [1.54, 1.807) is 4.90 Å². The van der Waals surface area contributed by atoms with Crippen LogP contribution in [0.3, 0.4) is 0 Å². The lowest BCUT2D eigenvalue weighted by Gasteiger charge is -2.31. The highest BCUT2D eigenvalue weighted by molar-refractivity contribution is 5.96. The number of hydrogen-bond acceptors (Lipinski definition) is 6. The molecule has 2 fully saturated rings. The first-order valence-corrected chi connectivity index (χ1v) is 12.0. The quantitative estimate of drug-likeness (QED) is 0.605. The topological polar surface area (TPSA) is 76.6 Å². The zero-order valence-corrected chi connectivity index (χ0v) is 20.0. The van der Waals surface area contributed by atoms with Crippen molar-refractivity contribution < 1.29 is 27.4 Å². The number of alkyl halides is 3. The maximum absolute atomic E-state index is 13.1. The average molecular weight is 493 g/mol. The minimum absolute atomic E-state index is 0.168. The van der Waals surface area contributed by atoms with Gasteiger partial charge in [0.1, 0.15) is 6.33 Å². The van der Waals surface area contributed by atoms with Crippen LogP contribution in [0.15, 0.2) is 30.6 Å². The van der Waals surface area contributed by atoms with Gasteiger partial charge in [-0.3, -0.25) is 4.79 Å². The number of methoxy groups -OCH3 is 1. The predicted octanol–water partition coefficient (Wildman–Crippen LogP) is 5.10. The molecule has 0 bridgehead atoms. The molecular formula is C25H31F3N4O3. The molecule has 3 heterocycles. The van der Waals surface area contributed by atoms with Crippen molar-refractivity contribution in [3.63, 3.8) is 0 Å². The second kappa shape index (κ2) is 10.8. The van der Waals surface area contributed by atoms with Gasteiger partial charge >= 0.3 is 6.18 Å². The first-order chi connectivity index (χ1) is 16.8. The van der Waals surface area contributed by atoms with Crippen molar-refractivity contribution in [3.05, 3.63) is 47.4 Å². The summed E-state index contributed by atoms with van der Waals surface area (Å²) < 4.78 is 50.3. The fraction of sp³-hybridized carbons (Fsp3) is 0.560. The fourth-order valence-electron chi connectivity index (χ4n) is 4.60. The number of carbonyl (C=O) groups excluding carboxylic acids is 1. The Hall–Kier alpha value is -2.88. The molecule has 190 valence electrons. The van der Waals surface area contributed by atoms with E-state index in [0.29, 0.717) is 37.1 Å². The van der Waals surface area contributed by atoms with Gasteiger partial charge in [-0.1, -0.05) is 19.1 Å². The molecule has 0 radical (unpaired) electrons. The van der Waals surface area contributed by atoms with E-state index in [1.165, 1.54) is 25.6 Å². The Bertz CT molecular complexity index is 1010. The molecule has 2 aromatic rings. The number of aromatic nitrogens is 2. The number of ether oxygens (including phenoxy) is 2. The summed E-state index contributed by atoms with van der Waals surface area (Å²) in [7, 11) is 1.48. The van der Waals surface area contributed by atoms with Gasteiger partial charge in [0.15, 0.2) is 17.3 Å². The van der Waals surface area contributed by atoms with E-state index in [4.69, 9.17) is 9.47 Å². The number of carbonyl (C=O) groups is 1. The first kappa shape index (κ1) is 25.2. The van der Waals surface area contributed by atoms with E-state index >= 15 is 0 Å². The Morgan fingerprint density at radius 2 is 1.86 bits per heavy atom. The molecule has 2 saturated heterocycles. The number of nitrogens with one attached hydrogen (secondary N) is 1. The molecule has 2 atom stereocenters. The summed E-state index contributed by atoms with van der Waals surface area (Å²) in [6, 6.07) is 5.15. The third-order valence-corrected chi connectivity index (χ3v) is 6.74. The highest BCUT2D eigenvalue weighted by atomic mass is 19.4. The van der Waals surface area contributed by atoms with Crippen LogP contribution in [-0.2, 0) is 10.9 Å². The summed E-state index contributed by atoms with van der Waals surface area (Å²) in [6.45, 7) is 3.98. The van der Waals surface area contributed by atoms with E-state index in [-0.39, 0.29) is 23.8 Å². The minimum atomic E-state index is -4.36. The predicted molar refractivity (Wildman–Crippen MR) is 124 cm³/mol. The van der Waals surface area contributed by atoms with Crippen LogP contribution in [-0.4, -0.2) is 53.6 Å². The van der Waals surface area contributed by atoms with Gasteiger partial charge in [-0.2, -0.15) is 13.2 Å². The molecule has 35 heavy (non-hydrogen) atoms. The number of nitrogens with zero attached hydrogens (tertiary/aromatic N) is 3. The lowest BCUT2D eigenvalue weighted by atomic mass is 9.97. The number of piperidine rings is 1. The summed E-state index contributed by atoms with van der Waals surface area (Å²) in [5, 5.41) is 3.22. The van der Waals surface area contributed by atoms with Crippen LogP contribution in [0.5, 0.6) is 5.75 Å². The first-order valence-electron chi connectivity index (χ1n) is 12.0. The van der Waals surface area contributed by atoms with Gasteiger partial charge in [-0.05, 0) is 55.7 Å². The van der Waals surface area contributed by atoms with E-state index in [9.17, 15) is 18.0 Å². The van der Waals surface area contributed by atoms with Crippen LogP contribution in [0, 0.1) is 5.92 Å². The van der Waals surface area contributed by atoms with Crippen LogP contribution in [0.2, 0.25) is 0 Å². The minimum Gasteiger partial charge on any atom is -0.491 e. The van der Waals surface area contributed by atoms with Crippen molar-refractivity contribution in [2.75, 3.05) is 32.1 Å². The fourth-order valence-corrected chi connectivity index (χ4v) is 4.60. The van der Waals surface area contributed by atoms with Gasteiger partial charge in [0, 0.05) is 19.6 Å². The molecular weight excluding hydrogens is 461 g/mol. The Labute approximate surface area is 203 Å². The highest BCUT2D eigenvalue weighted by Crippen LogP contribution is 2.35. The number of anilines is 1. The van der Waals surface area contributed by atoms with E-state index in [2.05, 4.69) is 22.2 Å². The van der Waals surface area contributed by atoms with Crippen LogP contribution < -0.4 is 10.1 Å². The molecule has 7 nitrogen and oxygen atoms in total. The second-order valence-electron chi connectivity index (χ2n) is 9.26. The zero-order chi connectivity index (χ0) is 25.0. The molecule has 2 aliphatic rings. The van der Waals surface area contributed by atoms with Crippen molar-refractivity contribution in [1.82, 2.24) is 14.9 Å². The maximum Gasteiger partial charge on any atom is 0.416 e. The Kier molecular flexibility index (Phi) is 7.78. The van der Waals surface area contributed by atoms with Gasteiger partial charge in [0.05, 0.1) is 24.9 Å². The summed E-state index contributed by atoms with van der Waals surface area (Å²) in [5.41, 5.74) is 0.286. The summed E-state index contributed by atoms with van der Waals surface area (Å²) in [5.74, 6) is 1.14. The monoisotopic (exact) mass is 492 g/mol. The van der Waals surface area contributed by atoms with E-state index < -0.39 is 11.7 Å². The third kappa shape index (κ3) is 6.04. The van der Waals surface area contributed by atoms with Gasteiger partial charge in [0.25, 0.3) is 5.91 Å². The van der Waals surface area contributed by atoms with Gasteiger partial charge in [-0.25, -0.2) is 9.97 Å². The summed E-state index contributed by atoms with van der Waals surface area (Å²) >= 11 is 0. The van der Waals surface area contributed by atoms with Crippen LogP contribution in [0.4, 0.5) is 19.0 Å². The maximum atomic E-state index is 13.1. The van der Waals surface area contributed by atoms with Crippen LogP contribution in [0.1, 0.15) is 66.7 Å². The molecule has 0 unspecified atom stereocenters. The number of halogens is 3. The molecule has 0 aliphatic carbocycles. The second-order valence-corrected chi connectivity index (χ2v) is 9.26.